The Morgan fingerprint density at radius 3 is 2.67 bits per heavy atom. The van der Waals surface area contributed by atoms with E-state index in [0.29, 0.717) is 22.6 Å². The van der Waals surface area contributed by atoms with Crippen molar-refractivity contribution < 1.29 is 23.5 Å². The van der Waals surface area contributed by atoms with Crippen molar-refractivity contribution in [2.45, 2.75) is 13.5 Å². The van der Waals surface area contributed by atoms with Crippen LogP contribution >= 0.6 is 15.9 Å². The molecule has 0 atom stereocenters. The van der Waals surface area contributed by atoms with Crippen molar-refractivity contribution in [3.63, 3.8) is 0 Å². The van der Waals surface area contributed by atoms with Crippen molar-refractivity contribution in [1.29, 1.82) is 0 Å². The number of ether oxygens (including phenoxy) is 2. The molecule has 0 N–H and O–H groups in total. The molecule has 0 bridgehead atoms. The van der Waals surface area contributed by atoms with E-state index in [2.05, 4.69) is 20.7 Å². The largest absolute Gasteiger partial charge is 0.465 e. The summed E-state index contributed by atoms with van der Waals surface area (Å²) in [5.41, 5.74) is 0.756. The number of rotatable bonds is 4. The smallest absolute Gasteiger partial charge is 0.341 e. The highest BCUT2D eigenvalue weighted by molar-refractivity contribution is 9.10. The van der Waals surface area contributed by atoms with Crippen LogP contribution in [0.1, 0.15) is 32.2 Å². The number of benzene rings is 1. The maximum Gasteiger partial charge on any atom is 0.341 e. The Labute approximate surface area is 130 Å². The molecule has 2 rings (SSSR count). The molecule has 0 spiro atoms. The number of hydrogen-bond donors (Lipinski definition) is 0. The number of hydrogen-bond acceptors (Lipinski definition) is 5. The van der Waals surface area contributed by atoms with Gasteiger partial charge < -0.3 is 13.9 Å². The minimum Gasteiger partial charge on any atom is -0.465 e. The van der Waals surface area contributed by atoms with E-state index in [1.54, 1.807) is 25.1 Å². The third-order valence-electron chi connectivity index (χ3n) is 2.78. The fraction of sp³-hybridized carbons (Fsp3) is 0.200. The summed E-state index contributed by atoms with van der Waals surface area (Å²) in [7, 11) is 1.29. The molecule has 0 aliphatic carbocycles. The van der Waals surface area contributed by atoms with Crippen molar-refractivity contribution in [1.82, 2.24) is 0 Å². The van der Waals surface area contributed by atoms with Gasteiger partial charge >= 0.3 is 11.9 Å². The molecule has 6 heteroatoms. The van der Waals surface area contributed by atoms with E-state index >= 15 is 0 Å². The highest BCUT2D eigenvalue weighted by atomic mass is 79.9. The second-order valence-electron chi connectivity index (χ2n) is 4.26. The van der Waals surface area contributed by atoms with Crippen LogP contribution in [0.15, 0.2) is 39.2 Å². The normalized spacial score (nSPS) is 10.2. The van der Waals surface area contributed by atoms with E-state index in [4.69, 9.17) is 9.15 Å². The molecule has 0 amide bonds. The maximum absolute atomic E-state index is 11.9. The van der Waals surface area contributed by atoms with Crippen molar-refractivity contribution in [3.8, 4) is 0 Å². The van der Waals surface area contributed by atoms with Gasteiger partial charge in [-0.3, -0.25) is 0 Å². The van der Waals surface area contributed by atoms with Gasteiger partial charge in [0.15, 0.2) is 0 Å². The van der Waals surface area contributed by atoms with Gasteiger partial charge in [-0.25, -0.2) is 9.59 Å². The van der Waals surface area contributed by atoms with Crippen LogP contribution in [0.2, 0.25) is 0 Å². The van der Waals surface area contributed by atoms with Crippen molar-refractivity contribution in [3.05, 3.63) is 57.5 Å². The monoisotopic (exact) mass is 352 g/mol. The molecule has 21 heavy (non-hydrogen) atoms. The number of carbonyl (C=O) groups excluding carboxylic acids is 2. The average molecular weight is 353 g/mol. The van der Waals surface area contributed by atoms with Crippen molar-refractivity contribution in [2.75, 3.05) is 7.11 Å². The minimum atomic E-state index is -0.485. The van der Waals surface area contributed by atoms with E-state index in [-0.39, 0.29) is 6.61 Å². The zero-order chi connectivity index (χ0) is 15.4. The van der Waals surface area contributed by atoms with Gasteiger partial charge in [0.2, 0.25) is 0 Å². The van der Waals surface area contributed by atoms with E-state index in [0.717, 1.165) is 4.47 Å². The van der Waals surface area contributed by atoms with Crippen molar-refractivity contribution in [2.24, 2.45) is 0 Å². The van der Waals surface area contributed by atoms with Crippen LogP contribution in [0.25, 0.3) is 0 Å². The first-order valence-corrected chi connectivity index (χ1v) is 6.91. The first-order valence-electron chi connectivity index (χ1n) is 6.11. The summed E-state index contributed by atoms with van der Waals surface area (Å²) in [6.45, 7) is 1.59. The summed E-state index contributed by atoms with van der Waals surface area (Å²) < 4.78 is 15.9. The second-order valence-corrected chi connectivity index (χ2v) is 5.18. The lowest BCUT2D eigenvalue weighted by Crippen LogP contribution is -2.04. The molecular weight excluding hydrogens is 340 g/mol. The molecule has 0 radical (unpaired) electrons. The fourth-order valence-electron chi connectivity index (χ4n) is 1.76. The van der Waals surface area contributed by atoms with Gasteiger partial charge in [0, 0.05) is 4.47 Å². The highest BCUT2D eigenvalue weighted by Crippen LogP contribution is 2.18. The van der Waals surface area contributed by atoms with Gasteiger partial charge in [0.05, 0.1) is 12.7 Å². The quantitative estimate of drug-likeness (QED) is 0.788. The highest BCUT2D eigenvalue weighted by Gasteiger charge is 2.16. The summed E-state index contributed by atoms with van der Waals surface area (Å²) in [5.74, 6) is -0.141. The van der Waals surface area contributed by atoms with Crippen LogP contribution in [0.5, 0.6) is 0 Å². The molecule has 0 fully saturated rings. The van der Waals surface area contributed by atoms with Crippen LogP contribution in [-0.2, 0) is 16.1 Å². The van der Waals surface area contributed by atoms with Gasteiger partial charge in [0.25, 0.3) is 0 Å². The first kappa shape index (κ1) is 15.3. The summed E-state index contributed by atoms with van der Waals surface area (Å²) in [4.78, 5) is 23.3. The lowest BCUT2D eigenvalue weighted by molar-refractivity contribution is 0.0444. The Balaban J connectivity index is 2.03. The zero-order valence-corrected chi connectivity index (χ0v) is 13.1. The predicted octanol–water partition coefficient (Wildman–Crippen LogP) is 3.49. The average Bonchev–Trinajstić information content (AvgIpc) is 2.85. The van der Waals surface area contributed by atoms with Crippen LogP contribution in [-0.4, -0.2) is 19.0 Å². The van der Waals surface area contributed by atoms with Gasteiger partial charge in [-0.1, -0.05) is 22.0 Å². The topological polar surface area (TPSA) is 65.7 Å². The third-order valence-corrected chi connectivity index (χ3v) is 3.27. The minimum absolute atomic E-state index is 0.0524. The maximum atomic E-state index is 11.9. The molecule has 1 aromatic heterocycles. The van der Waals surface area contributed by atoms with E-state index in [9.17, 15) is 9.59 Å². The fourth-order valence-corrected chi connectivity index (χ4v) is 2.16. The Morgan fingerprint density at radius 1 is 1.24 bits per heavy atom. The molecule has 0 aliphatic heterocycles. The Bertz CT molecular complexity index is 674. The van der Waals surface area contributed by atoms with Crippen LogP contribution < -0.4 is 0 Å². The Kier molecular flexibility index (Phi) is 4.80. The van der Waals surface area contributed by atoms with Gasteiger partial charge in [-0.05, 0) is 31.2 Å². The third kappa shape index (κ3) is 3.72. The van der Waals surface area contributed by atoms with Crippen LogP contribution in [0.4, 0.5) is 0 Å². The van der Waals surface area contributed by atoms with Gasteiger partial charge in [0.1, 0.15) is 23.7 Å². The lowest BCUT2D eigenvalue weighted by atomic mass is 10.2. The molecule has 0 saturated carbocycles. The van der Waals surface area contributed by atoms with Gasteiger partial charge in [-0.2, -0.15) is 0 Å². The standard InChI is InChI=1S/C15H13BrO5/c1-9-13(15(18)19-2)7-12(21-9)8-20-14(17)10-4-3-5-11(16)6-10/h3-7H,8H2,1-2H3. The lowest BCUT2D eigenvalue weighted by Gasteiger charge is -2.03. The molecule has 110 valence electrons. The van der Waals surface area contributed by atoms with E-state index in [1.807, 2.05) is 6.07 Å². The number of esters is 2. The second kappa shape index (κ2) is 6.58. The molecule has 5 nitrogen and oxygen atoms in total. The van der Waals surface area contributed by atoms with Gasteiger partial charge in [-0.15, -0.1) is 0 Å². The SMILES string of the molecule is COC(=O)c1cc(COC(=O)c2cccc(Br)c2)oc1C. The summed E-state index contributed by atoms with van der Waals surface area (Å²) >= 11 is 3.29. The number of furan rings is 1. The molecule has 0 saturated heterocycles. The molecule has 0 unspecified atom stereocenters. The summed E-state index contributed by atoms with van der Waals surface area (Å²) in [5, 5.41) is 0. The molecular formula is C15H13BrO5. The molecule has 1 aromatic carbocycles. The number of halogens is 1. The van der Waals surface area contributed by atoms with E-state index < -0.39 is 11.9 Å². The predicted molar refractivity (Wildman–Crippen MR) is 78.0 cm³/mol. The number of aryl methyl sites for hydroxylation is 1. The number of methoxy groups -OCH3 is 1. The first-order chi connectivity index (χ1) is 10.0. The Hall–Kier alpha value is -2.08. The van der Waals surface area contributed by atoms with Crippen molar-refractivity contribution >= 4 is 27.9 Å². The molecule has 0 aliphatic rings. The van der Waals surface area contributed by atoms with Crippen LogP contribution in [0.3, 0.4) is 0 Å². The number of carbonyl (C=O) groups is 2. The summed E-state index contributed by atoms with van der Waals surface area (Å²) in [6, 6.07) is 8.38. The summed E-state index contributed by atoms with van der Waals surface area (Å²) in [6.07, 6.45) is 0. The Morgan fingerprint density at radius 2 is 2.00 bits per heavy atom. The molecule has 2 aromatic rings. The van der Waals surface area contributed by atoms with E-state index in [1.165, 1.54) is 13.2 Å². The van der Waals surface area contributed by atoms with Crippen LogP contribution in [0, 0.1) is 6.92 Å². The molecule has 1 heterocycles. The zero-order valence-electron chi connectivity index (χ0n) is 11.5.